The molecule has 1 aliphatic rings. The van der Waals surface area contributed by atoms with Crippen LogP contribution < -0.4 is 10.2 Å². The van der Waals surface area contributed by atoms with Gasteiger partial charge in [0.25, 0.3) is 0 Å². The van der Waals surface area contributed by atoms with Gasteiger partial charge in [-0.1, -0.05) is 51.7 Å². The first-order valence-electron chi connectivity index (χ1n) is 9.74. The molecule has 0 aliphatic carbocycles. The largest absolute Gasteiger partial charge is 0.353 e. The van der Waals surface area contributed by atoms with Crippen molar-refractivity contribution < 1.29 is 9.59 Å². The lowest BCUT2D eigenvalue weighted by atomic mass is 10.1. The number of nitrogens with one attached hydrogen (secondary N) is 1. The summed E-state index contributed by atoms with van der Waals surface area (Å²) in [6.45, 7) is 6.85. The normalized spacial score (nSPS) is 18.4. The van der Waals surface area contributed by atoms with E-state index in [2.05, 4.69) is 26.1 Å². The van der Waals surface area contributed by atoms with Crippen LogP contribution in [-0.4, -0.2) is 24.4 Å². The Morgan fingerprint density at radius 1 is 1.20 bits per heavy atom. The highest BCUT2D eigenvalue weighted by atomic mass is 16.2. The Morgan fingerprint density at radius 3 is 2.56 bits per heavy atom. The standard InChI is InChI=1S/C21H32N2O2/c1-4-6-7-8-9-16(3)22-21(25)18-14-20(24)23(15-18)19-12-10-17(5-2)11-13-19/h10-13,16,18H,4-9,14-15H2,1-3H3,(H,22,25)/t16-,18+/m0/s1. The minimum atomic E-state index is -0.239. The first-order chi connectivity index (χ1) is 12.0. The van der Waals surface area contributed by atoms with E-state index in [9.17, 15) is 9.59 Å². The quantitative estimate of drug-likeness (QED) is 0.686. The van der Waals surface area contributed by atoms with Crippen LogP contribution in [0.1, 0.15) is 64.9 Å². The number of nitrogens with zero attached hydrogens (tertiary/aromatic N) is 1. The highest BCUT2D eigenvalue weighted by Gasteiger charge is 2.35. The predicted molar refractivity (Wildman–Crippen MR) is 103 cm³/mol. The fraction of sp³-hybridized carbons (Fsp3) is 0.619. The zero-order chi connectivity index (χ0) is 18.2. The summed E-state index contributed by atoms with van der Waals surface area (Å²) >= 11 is 0. The summed E-state index contributed by atoms with van der Waals surface area (Å²) in [5.41, 5.74) is 2.15. The fourth-order valence-electron chi connectivity index (χ4n) is 3.35. The third kappa shape index (κ3) is 5.58. The molecule has 25 heavy (non-hydrogen) atoms. The van der Waals surface area contributed by atoms with Gasteiger partial charge in [-0.2, -0.15) is 0 Å². The van der Waals surface area contributed by atoms with E-state index in [1.165, 1.54) is 24.8 Å². The van der Waals surface area contributed by atoms with Crippen LogP contribution in [0.5, 0.6) is 0 Å². The fourth-order valence-corrected chi connectivity index (χ4v) is 3.35. The first kappa shape index (κ1) is 19.5. The SMILES string of the molecule is CCCCCC[C@H](C)NC(=O)[C@@H]1CC(=O)N(c2ccc(CC)cc2)C1. The first-order valence-corrected chi connectivity index (χ1v) is 9.74. The summed E-state index contributed by atoms with van der Waals surface area (Å²) in [6.07, 6.45) is 7.15. The van der Waals surface area contributed by atoms with Gasteiger partial charge in [0.2, 0.25) is 11.8 Å². The molecular weight excluding hydrogens is 312 g/mol. The summed E-state index contributed by atoms with van der Waals surface area (Å²) in [7, 11) is 0. The summed E-state index contributed by atoms with van der Waals surface area (Å²) in [4.78, 5) is 26.5. The number of aryl methyl sites for hydroxylation is 1. The van der Waals surface area contributed by atoms with Crippen molar-refractivity contribution in [1.29, 1.82) is 0 Å². The maximum Gasteiger partial charge on any atom is 0.227 e. The van der Waals surface area contributed by atoms with Gasteiger partial charge in [0.15, 0.2) is 0 Å². The van der Waals surface area contributed by atoms with Crippen LogP contribution in [0.15, 0.2) is 24.3 Å². The number of anilines is 1. The Kier molecular flexibility index (Phi) is 7.48. The smallest absolute Gasteiger partial charge is 0.227 e. The van der Waals surface area contributed by atoms with Gasteiger partial charge in [-0.05, 0) is 37.5 Å². The van der Waals surface area contributed by atoms with Gasteiger partial charge in [-0.3, -0.25) is 9.59 Å². The molecule has 1 aliphatic heterocycles. The van der Waals surface area contributed by atoms with Crippen molar-refractivity contribution >= 4 is 17.5 Å². The number of amides is 2. The molecule has 1 fully saturated rings. The van der Waals surface area contributed by atoms with E-state index in [4.69, 9.17) is 0 Å². The monoisotopic (exact) mass is 344 g/mol. The molecular formula is C21H32N2O2. The number of benzene rings is 1. The molecule has 2 amide bonds. The van der Waals surface area contributed by atoms with Crippen molar-refractivity contribution in [3.8, 4) is 0 Å². The molecule has 1 N–H and O–H groups in total. The van der Waals surface area contributed by atoms with Crippen LogP contribution in [0.3, 0.4) is 0 Å². The zero-order valence-electron chi connectivity index (χ0n) is 15.9. The molecule has 1 aromatic rings. The van der Waals surface area contributed by atoms with Crippen LogP contribution in [0.25, 0.3) is 0 Å². The van der Waals surface area contributed by atoms with E-state index in [0.29, 0.717) is 13.0 Å². The van der Waals surface area contributed by atoms with E-state index >= 15 is 0 Å². The average Bonchev–Trinajstić information content (AvgIpc) is 3.01. The van der Waals surface area contributed by atoms with Gasteiger partial charge in [0.1, 0.15) is 0 Å². The summed E-state index contributed by atoms with van der Waals surface area (Å²) in [5.74, 6) is -0.180. The summed E-state index contributed by atoms with van der Waals surface area (Å²) in [6, 6.07) is 8.24. The second kappa shape index (κ2) is 9.59. The van der Waals surface area contributed by atoms with Crippen molar-refractivity contribution in [2.45, 2.75) is 71.8 Å². The highest BCUT2D eigenvalue weighted by molar-refractivity contribution is 6.00. The minimum absolute atomic E-state index is 0.0176. The molecule has 1 aromatic carbocycles. The topological polar surface area (TPSA) is 49.4 Å². The lowest BCUT2D eigenvalue weighted by Crippen LogP contribution is -2.38. The number of unbranched alkanes of at least 4 members (excludes halogenated alkanes) is 3. The molecule has 0 saturated carbocycles. The van der Waals surface area contributed by atoms with Crippen molar-refractivity contribution in [2.24, 2.45) is 5.92 Å². The summed E-state index contributed by atoms with van der Waals surface area (Å²) in [5, 5.41) is 3.09. The van der Waals surface area contributed by atoms with Gasteiger partial charge in [0, 0.05) is 24.7 Å². The van der Waals surface area contributed by atoms with Crippen LogP contribution >= 0.6 is 0 Å². The predicted octanol–water partition coefficient (Wildman–Crippen LogP) is 4.08. The molecule has 138 valence electrons. The van der Waals surface area contributed by atoms with Gasteiger partial charge < -0.3 is 10.2 Å². The van der Waals surface area contributed by atoms with Crippen molar-refractivity contribution in [1.82, 2.24) is 5.32 Å². The average molecular weight is 344 g/mol. The van der Waals surface area contributed by atoms with Gasteiger partial charge in [0.05, 0.1) is 5.92 Å². The molecule has 2 rings (SSSR count). The lowest BCUT2D eigenvalue weighted by Gasteiger charge is -2.19. The van der Waals surface area contributed by atoms with Gasteiger partial charge >= 0.3 is 0 Å². The maximum atomic E-state index is 12.5. The molecule has 0 spiro atoms. The third-order valence-corrected chi connectivity index (χ3v) is 5.03. The van der Waals surface area contributed by atoms with E-state index in [1.807, 2.05) is 24.3 Å². The Bertz CT molecular complexity index is 568. The molecule has 0 bridgehead atoms. The molecule has 0 aromatic heterocycles. The number of hydrogen-bond donors (Lipinski definition) is 1. The number of carbonyl (C=O) groups excluding carboxylic acids is 2. The molecule has 4 nitrogen and oxygen atoms in total. The molecule has 1 heterocycles. The van der Waals surface area contributed by atoms with Gasteiger partial charge in [-0.25, -0.2) is 0 Å². The van der Waals surface area contributed by atoms with E-state index < -0.39 is 0 Å². The van der Waals surface area contributed by atoms with Crippen LogP contribution in [0.4, 0.5) is 5.69 Å². The summed E-state index contributed by atoms with van der Waals surface area (Å²) < 4.78 is 0. The van der Waals surface area contributed by atoms with Crippen LogP contribution in [0.2, 0.25) is 0 Å². The second-order valence-corrected chi connectivity index (χ2v) is 7.18. The maximum absolute atomic E-state index is 12.5. The number of rotatable bonds is 9. The molecule has 2 atom stereocenters. The van der Waals surface area contributed by atoms with E-state index in [-0.39, 0.29) is 23.8 Å². The van der Waals surface area contributed by atoms with Crippen molar-refractivity contribution in [3.63, 3.8) is 0 Å². The minimum Gasteiger partial charge on any atom is -0.353 e. The zero-order valence-corrected chi connectivity index (χ0v) is 15.9. The van der Waals surface area contributed by atoms with Crippen LogP contribution in [-0.2, 0) is 16.0 Å². The third-order valence-electron chi connectivity index (χ3n) is 5.03. The molecule has 1 saturated heterocycles. The highest BCUT2D eigenvalue weighted by Crippen LogP contribution is 2.25. The van der Waals surface area contributed by atoms with Crippen molar-refractivity contribution in [3.05, 3.63) is 29.8 Å². The molecule has 0 radical (unpaired) electrons. The lowest BCUT2D eigenvalue weighted by molar-refractivity contribution is -0.126. The Balaban J connectivity index is 1.84. The molecule has 0 unspecified atom stereocenters. The van der Waals surface area contributed by atoms with Crippen LogP contribution in [0, 0.1) is 5.92 Å². The van der Waals surface area contributed by atoms with E-state index in [0.717, 1.165) is 24.9 Å². The van der Waals surface area contributed by atoms with E-state index in [1.54, 1.807) is 4.90 Å². The number of carbonyl (C=O) groups is 2. The van der Waals surface area contributed by atoms with Gasteiger partial charge in [-0.15, -0.1) is 0 Å². The number of hydrogen-bond acceptors (Lipinski definition) is 2. The Labute approximate surface area is 152 Å². The Hall–Kier alpha value is -1.84. The van der Waals surface area contributed by atoms with Crippen molar-refractivity contribution in [2.75, 3.05) is 11.4 Å². The second-order valence-electron chi connectivity index (χ2n) is 7.18. The Morgan fingerprint density at radius 2 is 1.92 bits per heavy atom. The molecule has 4 heteroatoms.